The van der Waals surface area contributed by atoms with Gasteiger partial charge in [0.05, 0.1) is 5.52 Å². The largest absolute Gasteiger partial charge is 0.298 e. The topological polar surface area (TPSA) is 19.4 Å². The maximum atomic E-state index is 4.60. The van der Waals surface area contributed by atoms with Crippen LogP contribution in [0.3, 0.4) is 0 Å². The summed E-state index contributed by atoms with van der Waals surface area (Å²) < 4.78 is 0. The van der Waals surface area contributed by atoms with Crippen LogP contribution in [0, 0.1) is 0 Å². The molecule has 1 aromatic carbocycles. The second kappa shape index (κ2) is 5.39. The molecule has 3 heterocycles. The number of piperazine rings is 1. The molecule has 0 saturated carbocycles. The van der Waals surface area contributed by atoms with Crippen molar-refractivity contribution in [1.82, 2.24) is 14.8 Å². The van der Waals surface area contributed by atoms with E-state index in [-0.39, 0.29) is 0 Å². The van der Waals surface area contributed by atoms with E-state index in [1.807, 2.05) is 12.3 Å². The molecule has 2 atom stereocenters. The summed E-state index contributed by atoms with van der Waals surface area (Å²) in [6, 6.07) is 12.2. The summed E-state index contributed by atoms with van der Waals surface area (Å²) in [5.41, 5.74) is 2.53. The molecule has 0 unspecified atom stereocenters. The van der Waals surface area contributed by atoms with Gasteiger partial charge < -0.3 is 0 Å². The van der Waals surface area contributed by atoms with E-state index in [2.05, 4.69) is 46.0 Å². The van der Waals surface area contributed by atoms with Gasteiger partial charge in [-0.05, 0) is 37.9 Å². The number of nitrogens with zero attached hydrogens (tertiary/aromatic N) is 3. The lowest BCUT2D eigenvalue weighted by Gasteiger charge is -2.42. The molecule has 2 aliphatic rings. The highest BCUT2D eigenvalue weighted by Crippen LogP contribution is 2.27. The minimum atomic E-state index is 0.637. The highest BCUT2D eigenvalue weighted by atomic mass is 15.3. The number of fused-ring (bicyclic) bond motifs is 2. The van der Waals surface area contributed by atoms with Gasteiger partial charge in [-0.25, -0.2) is 0 Å². The standard InChI is InChI=1S/C18H23N3/c1-14-11-20-10-4-8-17(20)13-21(14)12-16-6-2-5-15-7-3-9-19-18(15)16/h2-3,5-7,9,14,17H,4,8,10-13H2,1H3/t14-,17+/m1/s1. The van der Waals surface area contributed by atoms with E-state index in [1.165, 1.54) is 48.9 Å². The first-order valence-electron chi connectivity index (χ1n) is 8.12. The van der Waals surface area contributed by atoms with E-state index < -0.39 is 0 Å². The Morgan fingerprint density at radius 3 is 3.05 bits per heavy atom. The van der Waals surface area contributed by atoms with E-state index in [4.69, 9.17) is 0 Å². The van der Waals surface area contributed by atoms with Crippen LogP contribution in [-0.2, 0) is 6.54 Å². The van der Waals surface area contributed by atoms with Crippen LogP contribution in [0.5, 0.6) is 0 Å². The van der Waals surface area contributed by atoms with Crippen molar-refractivity contribution < 1.29 is 0 Å². The second-order valence-electron chi connectivity index (χ2n) is 6.56. The lowest BCUT2D eigenvalue weighted by atomic mass is 10.0. The first-order valence-corrected chi connectivity index (χ1v) is 8.12. The number of benzene rings is 1. The summed E-state index contributed by atoms with van der Waals surface area (Å²) in [5, 5.41) is 1.25. The van der Waals surface area contributed by atoms with Gasteiger partial charge in [0.25, 0.3) is 0 Å². The molecule has 2 aromatic rings. The van der Waals surface area contributed by atoms with Crippen molar-refractivity contribution in [3.8, 4) is 0 Å². The monoisotopic (exact) mass is 281 g/mol. The van der Waals surface area contributed by atoms with Crippen molar-refractivity contribution >= 4 is 10.9 Å². The van der Waals surface area contributed by atoms with Gasteiger partial charge in [0, 0.05) is 43.3 Å². The Morgan fingerprint density at radius 1 is 1.19 bits per heavy atom. The Bertz CT molecular complexity index is 634. The Kier molecular flexibility index (Phi) is 3.40. The third-order valence-electron chi connectivity index (χ3n) is 5.16. The number of aromatic nitrogens is 1. The molecule has 2 aliphatic heterocycles. The molecule has 0 aliphatic carbocycles. The molecular weight excluding hydrogens is 258 g/mol. The van der Waals surface area contributed by atoms with E-state index >= 15 is 0 Å². The van der Waals surface area contributed by atoms with Crippen LogP contribution in [0.25, 0.3) is 10.9 Å². The van der Waals surface area contributed by atoms with Gasteiger partial charge in [-0.3, -0.25) is 14.8 Å². The van der Waals surface area contributed by atoms with E-state index in [1.54, 1.807) is 0 Å². The molecule has 4 rings (SSSR count). The van der Waals surface area contributed by atoms with Gasteiger partial charge in [-0.15, -0.1) is 0 Å². The fourth-order valence-corrected chi connectivity index (χ4v) is 3.98. The zero-order chi connectivity index (χ0) is 14.2. The third kappa shape index (κ3) is 2.45. The van der Waals surface area contributed by atoms with Crippen molar-refractivity contribution in [2.45, 2.75) is 38.4 Å². The van der Waals surface area contributed by atoms with Gasteiger partial charge >= 0.3 is 0 Å². The van der Waals surface area contributed by atoms with Gasteiger partial charge in [0.15, 0.2) is 0 Å². The molecule has 3 heteroatoms. The molecule has 3 nitrogen and oxygen atoms in total. The normalized spacial score (nSPS) is 27.1. The molecule has 0 N–H and O–H groups in total. The number of hydrogen-bond acceptors (Lipinski definition) is 3. The third-order valence-corrected chi connectivity index (χ3v) is 5.16. The van der Waals surface area contributed by atoms with Crippen molar-refractivity contribution in [2.75, 3.05) is 19.6 Å². The number of hydrogen-bond donors (Lipinski definition) is 0. The van der Waals surface area contributed by atoms with Crippen LogP contribution < -0.4 is 0 Å². The zero-order valence-corrected chi connectivity index (χ0v) is 12.7. The fraction of sp³-hybridized carbons (Fsp3) is 0.500. The lowest BCUT2D eigenvalue weighted by Crippen LogP contribution is -2.54. The van der Waals surface area contributed by atoms with Crippen LogP contribution in [0.4, 0.5) is 0 Å². The molecule has 110 valence electrons. The average Bonchev–Trinajstić information content (AvgIpc) is 2.95. The minimum Gasteiger partial charge on any atom is -0.298 e. The summed E-state index contributed by atoms with van der Waals surface area (Å²) in [6.45, 7) is 7.14. The number of pyridine rings is 1. The van der Waals surface area contributed by atoms with Crippen molar-refractivity contribution in [1.29, 1.82) is 0 Å². The van der Waals surface area contributed by atoms with E-state index in [0.717, 1.165) is 12.6 Å². The maximum Gasteiger partial charge on any atom is 0.0746 e. The van der Waals surface area contributed by atoms with Gasteiger partial charge in [0.2, 0.25) is 0 Å². The van der Waals surface area contributed by atoms with Gasteiger partial charge in [-0.2, -0.15) is 0 Å². The Hall–Kier alpha value is -1.45. The first kappa shape index (κ1) is 13.2. The summed E-state index contributed by atoms with van der Waals surface area (Å²) in [5.74, 6) is 0. The smallest absolute Gasteiger partial charge is 0.0746 e. The van der Waals surface area contributed by atoms with Crippen molar-refractivity contribution in [2.24, 2.45) is 0 Å². The van der Waals surface area contributed by atoms with Crippen LogP contribution in [0.15, 0.2) is 36.5 Å². The zero-order valence-electron chi connectivity index (χ0n) is 12.7. The molecule has 2 fully saturated rings. The second-order valence-corrected chi connectivity index (χ2v) is 6.56. The average molecular weight is 281 g/mol. The van der Waals surface area contributed by atoms with Gasteiger partial charge in [0.1, 0.15) is 0 Å². The van der Waals surface area contributed by atoms with Gasteiger partial charge in [-0.1, -0.05) is 24.3 Å². The number of rotatable bonds is 2. The molecule has 0 spiro atoms. The van der Waals surface area contributed by atoms with Crippen LogP contribution in [0.2, 0.25) is 0 Å². The molecular formula is C18H23N3. The van der Waals surface area contributed by atoms with Crippen LogP contribution >= 0.6 is 0 Å². The maximum absolute atomic E-state index is 4.60. The highest BCUT2D eigenvalue weighted by molar-refractivity contribution is 5.81. The van der Waals surface area contributed by atoms with E-state index in [0.29, 0.717) is 6.04 Å². The number of para-hydroxylation sites is 1. The Morgan fingerprint density at radius 2 is 2.10 bits per heavy atom. The SMILES string of the molecule is C[C@@H]1CN2CCC[C@H]2CN1Cc1cccc2cccnc12. The first-order chi connectivity index (χ1) is 10.3. The summed E-state index contributed by atoms with van der Waals surface area (Å²) in [7, 11) is 0. The van der Waals surface area contributed by atoms with Crippen LogP contribution in [-0.4, -0.2) is 46.5 Å². The molecule has 0 bridgehead atoms. The summed E-state index contributed by atoms with van der Waals surface area (Å²) in [6.07, 6.45) is 4.65. The van der Waals surface area contributed by atoms with E-state index in [9.17, 15) is 0 Å². The highest BCUT2D eigenvalue weighted by Gasteiger charge is 2.34. The quantitative estimate of drug-likeness (QED) is 0.844. The summed E-state index contributed by atoms with van der Waals surface area (Å²) in [4.78, 5) is 9.93. The fourth-order valence-electron chi connectivity index (χ4n) is 3.98. The Balaban J connectivity index is 1.59. The predicted octanol–water partition coefficient (Wildman–Crippen LogP) is 2.90. The minimum absolute atomic E-state index is 0.637. The van der Waals surface area contributed by atoms with Crippen molar-refractivity contribution in [3.63, 3.8) is 0 Å². The lowest BCUT2D eigenvalue weighted by molar-refractivity contribution is 0.0543. The molecule has 2 saturated heterocycles. The summed E-state index contributed by atoms with van der Waals surface area (Å²) >= 11 is 0. The Labute approximate surface area is 126 Å². The molecule has 0 amide bonds. The molecule has 1 aromatic heterocycles. The predicted molar refractivity (Wildman–Crippen MR) is 86.2 cm³/mol. The molecule has 0 radical (unpaired) electrons. The van der Waals surface area contributed by atoms with Crippen molar-refractivity contribution in [3.05, 3.63) is 42.1 Å². The molecule has 21 heavy (non-hydrogen) atoms. The van der Waals surface area contributed by atoms with Crippen LogP contribution in [0.1, 0.15) is 25.3 Å².